The van der Waals surface area contributed by atoms with E-state index in [-0.39, 0.29) is 56.0 Å². The minimum Gasteiger partial charge on any atom is -0.493 e. The second kappa shape index (κ2) is 12.2. The van der Waals surface area contributed by atoms with E-state index in [2.05, 4.69) is 11.9 Å². The number of unbranched alkanes of at least 4 members (excludes halogenated alkanes) is 1. The summed E-state index contributed by atoms with van der Waals surface area (Å²) in [6.07, 6.45) is 6.49. The zero-order valence-electron chi connectivity index (χ0n) is 22.8. The van der Waals surface area contributed by atoms with Gasteiger partial charge in [0.1, 0.15) is 5.75 Å². The third kappa shape index (κ3) is 5.72. The van der Waals surface area contributed by atoms with Crippen molar-refractivity contribution < 1.29 is 29.0 Å². The molecule has 0 spiro atoms. The van der Waals surface area contributed by atoms with E-state index in [1.54, 1.807) is 23.4 Å². The van der Waals surface area contributed by atoms with Gasteiger partial charge >= 0.3 is 5.97 Å². The van der Waals surface area contributed by atoms with Gasteiger partial charge in [-0.3, -0.25) is 34.0 Å². The Morgan fingerprint density at radius 3 is 2.65 bits per heavy atom. The van der Waals surface area contributed by atoms with Gasteiger partial charge in [-0.25, -0.2) is 0 Å². The molecule has 0 unspecified atom stereocenters. The molecule has 10 nitrogen and oxygen atoms in total. The van der Waals surface area contributed by atoms with Crippen molar-refractivity contribution in [2.75, 3.05) is 37.7 Å². The highest BCUT2D eigenvalue weighted by molar-refractivity contribution is 6.01. The van der Waals surface area contributed by atoms with Crippen molar-refractivity contribution in [3.63, 3.8) is 0 Å². The van der Waals surface area contributed by atoms with Crippen LogP contribution in [0.5, 0.6) is 5.75 Å². The van der Waals surface area contributed by atoms with E-state index in [4.69, 9.17) is 4.74 Å². The summed E-state index contributed by atoms with van der Waals surface area (Å²) in [6.45, 7) is 3.75. The number of likely N-dealkylation sites (tertiary alicyclic amines) is 2. The number of rotatable bonds is 11. The number of nitrogens with zero attached hydrogens (tertiary/aromatic N) is 4. The van der Waals surface area contributed by atoms with Crippen molar-refractivity contribution in [2.45, 2.75) is 57.4 Å². The first-order valence-corrected chi connectivity index (χ1v) is 14.1. The van der Waals surface area contributed by atoms with Gasteiger partial charge in [0, 0.05) is 57.1 Å². The highest BCUT2D eigenvalue weighted by atomic mass is 16.5. The molecule has 2 saturated heterocycles. The number of imide groups is 1. The molecule has 212 valence electrons. The maximum atomic E-state index is 13.8. The fraction of sp³-hybridized carbons (Fsp3) is 0.500. The number of amides is 3. The van der Waals surface area contributed by atoms with Crippen LogP contribution in [0.1, 0.15) is 56.1 Å². The molecule has 2 fully saturated rings. The quantitative estimate of drug-likeness (QED) is 0.426. The van der Waals surface area contributed by atoms with E-state index in [1.165, 1.54) is 4.90 Å². The SMILES string of the molecule is CCCCN(C(=O)CN1C[C@H](c2ccc3c(c2)CCO3)[C@@H](C(=O)O)[C@@H]1CCN1C(=O)CCC1=O)c1cccnc1. The third-order valence-electron chi connectivity index (χ3n) is 8.31. The normalized spacial score (nSPS) is 22.4. The van der Waals surface area contributed by atoms with Crippen molar-refractivity contribution in [1.29, 1.82) is 0 Å². The first kappa shape index (κ1) is 27.8. The number of ether oxygens (including phenoxy) is 1. The summed E-state index contributed by atoms with van der Waals surface area (Å²) < 4.78 is 5.65. The Hall–Kier alpha value is -3.79. The Morgan fingerprint density at radius 1 is 1.15 bits per heavy atom. The van der Waals surface area contributed by atoms with Crippen LogP contribution in [-0.4, -0.2) is 82.4 Å². The van der Waals surface area contributed by atoms with Gasteiger partial charge in [0.25, 0.3) is 0 Å². The van der Waals surface area contributed by atoms with Gasteiger partial charge in [-0.15, -0.1) is 0 Å². The molecule has 3 amide bonds. The molecule has 0 aliphatic carbocycles. The summed E-state index contributed by atoms with van der Waals surface area (Å²) in [5.74, 6) is -1.86. The number of carbonyl (C=O) groups excluding carboxylic acids is 3. The topological polar surface area (TPSA) is 120 Å². The van der Waals surface area contributed by atoms with Crippen LogP contribution in [-0.2, 0) is 25.6 Å². The van der Waals surface area contributed by atoms with Crippen LogP contribution >= 0.6 is 0 Å². The van der Waals surface area contributed by atoms with Gasteiger partial charge in [0.15, 0.2) is 0 Å². The average molecular weight is 549 g/mol. The number of benzene rings is 1. The molecular weight excluding hydrogens is 512 g/mol. The molecule has 3 aliphatic rings. The zero-order valence-corrected chi connectivity index (χ0v) is 22.8. The number of pyridine rings is 1. The van der Waals surface area contributed by atoms with Crippen molar-refractivity contribution in [1.82, 2.24) is 14.8 Å². The number of aliphatic carboxylic acids is 1. The Labute approximate surface area is 233 Å². The second-order valence-corrected chi connectivity index (χ2v) is 10.8. The Morgan fingerprint density at radius 2 is 1.95 bits per heavy atom. The number of anilines is 1. The second-order valence-electron chi connectivity index (χ2n) is 10.8. The summed E-state index contributed by atoms with van der Waals surface area (Å²) in [4.78, 5) is 60.2. The maximum absolute atomic E-state index is 13.8. The number of hydrogen-bond donors (Lipinski definition) is 1. The summed E-state index contributed by atoms with van der Waals surface area (Å²) in [5, 5.41) is 10.5. The number of carbonyl (C=O) groups is 4. The lowest BCUT2D eigenvalue weighted by Gasteiger charge is -2.30. The third-order valence-corrected chi connectivity index (χ3v) is 8.31. The van der Waals surface area contributed by atoms with Gasteiger partial charge in [-0.05, 0) is 42.2 Å². The van der Waals surface area contributed by atoms with Gasteiger partial charge < -0.3 is 14.7 Å². The summed E-state index contributed by atoms with van der Waals surface area (Å²) in [7, 11) is 0. The molecule has 1 aromatic carbocycles. The van der Waals surface area contributed by atoms with E-state index in [0.29, 0.717) is 25.4 Å². The van der Waals surface area contributed by atoms with E-state index < -0.39 is 17.9 Å². The molecule has 40 heavy (non-hydrogen) atoms. The lowest BCUT2D eigenvalue weighted by Crippen LogP contribution is -2.46. The minimum absolute atomic E-state index is 0.0273. The largest absolute Gasteiger partial charge is 0.493 e. The Balaban J connectivity index is 1.43. The highest BCUT2D eigenvalue weighted by Gasteiger charge is 2.48. The van der Waals surface area contributed by atoms with Crippen molar-refractivity contribution in [3.8, 4) is 5.75 Å². The standard InChI is InChI=1S/C30H36N4O6/c1-2-3-13-33(22-5-4-12-31-17-22)28(37)19-32-18-23(20-6-7-25-21(16-20)11-15-40-25)29(30(38)39)24(32)10-14-34-26(35)8-9-27(34)36/h4-7,12,16-17,23-24,29H,2-3,8-11,13-15,18-19H2,1H3,(H,38,39)/t23-,24+,29-/m1/s1. The first-order chi connectivity index (χ1) is 19.4. The van der Waals surface area contributed by atoms with Crippen LogP contribution in [0.3, 0.4) is 0 Å². The van der Waals surface area contributed by atoms with Crippen LogP contribution in [0.2, 0.25) is 0 Å². The average Bonchev–Trinajstić information content (AvgIpc) is 3.65. The Kier molecular flexibility index (Phi) is 8.44. The summed E-state index contributed by atoms with van der Waals surface area (Å²) >= 11 is 0. The molecule has 0 bridgehead atoms. The monoisotopic (exact) mass is 548 g/mol. The highest BCUT2D eigenvalue weighted by Crippen LogP contribution is 2.41. The van der Waals surface area contributed by atoms with Gasteiger partial charge in [0.05, 0.1) is 31.0 Å². The summed E-state index contributed by atoms with van der Waals surface area (Å²) in [6, 6.07) is 8.96. The molecule has 10 heteroatoms. The molecule has 4 heterocycles. The molecule has 3 atom stereocenters. The van der Waals surface area contributed by atoms with Crippen molar-refractivity contribution >= 4 is 29.4 Å². The minimum atomic E-state index is -0.948. The van der Waals surface area contributed by atoms with Gasteiger partial charge in [-0.1, -0.05) is 25.5 Å². The molecule has 0 saturated carbocycles. The maximum Gasteiger partial charge on any atom is 0.308 e. The molecule has 0 radical (unpaired) electrons. The molecular formula is C30H36N4O6. The number of carboxylic acid groups (broad SMARTS) is 1. The number of fused-ring (bicyclic) bond motifs is 1. The van der Waals surface area contributed by atoms with Gasteiger partial charge in [-0.2, -0.15) is 0 Å². The molecule has 1 aromatic heterocycles. The van der Waals surface area contributed by atoms with E-state index in [9.17, 15) is 24.3 Å². The lowest BCUT2D eigenvalue weighted by molar-refractivity contribution is -0.143. The smallest absolute Gasteiger partial charge is 0.308 e. The van der Waals surface area contributed by atoms with Crippen LogP contribution in [0.4, 0.5) is 5.69 Å². The van der Waals surface area contributed by atoms with Crippen LogP contribution < -0.4 is 9.64 Å². The molecule has 5 rings (SSSR count). The zero-order chi connectivity index (χ0) is 28.2. The summed E-state index contributed by atoms with van der Waals surface area (Å²) in [5.41, 5.74) is 2.67. The number of aromatic nitrogens is 1. The molecule has 3 aliphatic heterocycles. The van der Waals surface area contributed by atoms with E-state index >= 15 is 0 Å². The molecule has 1 N–H and O–H groups in total. The predicted octanol–water partition coefficient (Wildman–Crippen LogP) is 2.86. The van der Waals surface area contributed by atoms with Gasteiger partial charge in [0.2, 0.25) is 17.7 Å². The van der Waals surface area contributed by atoms with Crippen molar-refractivity contribution in [3.05, 3.63) is 53.9 Å². The first-order valence-electron chi connectivity index (χ1n) is 14.1. The van der Waals surface area contributed by atoms with E-state index in [1.807, 2.05) is 29.2 Å². The predicted molar refractivity (Wildman–Crippen MR) is 147 cm³/mol. The van der Waals surface area contributed by atoms with E-state index in [0.717, 1.165) is 36.1 Å². The van der Waals surface area contributed by atoms with Crippen LogP contribution in [0.25, 0.3) is 0 Å². The fourth-order valence-electron chi connectivity index (χ4n) is 6.25. The van der Waals surface area contributed by atoms with Crippen molar-refractivity contribution in [2.24, 2.45) is 5.92 Å². The lowest BCUT2D eigenvalue weighted by atomic mass is 9.83. The van der Waals surface area contributed by atoms with Crippen LogP contribution in [0.15, 0.2) is 42.7 Å². The Bertz CT molecular complexity index is 1250. The fourth-order valence-corrected chi connectivity index (χ4v) is 6.25. The number of carboxylic acids is 1. The molecule has 2 aromatic rings. The number of hydrogen-bond acceptors (Lipinski definition) is 7. The van der Waals surface area contributed by atoms with Crippen LogP contribution in [0, 0.1) is 5.92 Å².